The highest BCUT2D eigenvalue weighted by atomic mass is 35.5. The molecule has 0 saturated heterocycles. The van der Waals surface area contributed by atoms with Crippen LogP contribution >= 0.6 is 34.8 Å². The van der Waals surface area contributed by atoms with E-state index in [0.717, 1.165) is 5.56 Å². The van der Waals surface area contributed by atoms with E-state index in [1.165, 1.54) is 0 Å². The Morgan fingerprint density at radius 1 is 0.944 bits per heavy atom. The third-order valence-corrected chi connectivity index (χ3v) is 3.38. The number of phenols is 1. The first-order valence-corrected chi connectivity index (χ1v) is 6.36. The molecule has 2 N–H and O–H groups in total. The van der Waals surface area contributed by atoms with Gasteiger partial charge in [0.25, 0.3) is 0 Å². The summed E-state index contributed by atoms with van der Waals surface area (Å²) in [6.45, 7) is 0.517. The first-order chi connectivity index (χ1) is 8.58. The Labute approximate surface area is 120 Å². The molecule has 2 aromatic rings. The second-order valence-corrected chi connectivity index (χ2v) is 4.96. The zero-order valence-corrected chi connectivity index (χ0v) is 11.5. The van der Waals surface area contributed by atoms with Gasteiger partial charge in [0, 0.05) is 6.54 Å². The number of hydrogen-bond donors (Lipinski definition) is 2. The Hall–Kier alpha value is -1.09. The van der Waals surface area contributed by atoms with E-state index < -0.39 is 0 Å². The quantitative estimate of drug-likeness (QED) is 0.839. The van der Waals surface area contributed by atoms with Crippen molar-refractivity contribution < 1.29 is 5.11 Å². The van der Waals surface area contributed by atoms with E-state index in [4.69, 9.17) is 34.8 Å². The maximum Gasteiger partial charge on any atom is 0.134 e. The summed E-state index contributed by atoms with van der Waals surface area (Å²) in [5, 5.41) is 13.9. The lowest BCUT2D eigenvalue weighted by Gasteiger charge is -2.10. The maximum atomic E-state index is 9.32. The largest absolute Gasteiger partial charge is 0.506 e. The minimum atomic E-state index is 0.0659. The van der Waals surface area contributed by atoms with E-state index in [-0.39, 0.29) is 5.75 Å². The van der Waals surface area contributed by atoms with E-state index in [9.17, 15) is 5.11 Å². The SMILES string of the molecule is Oc1ccc(CNc2c(Cl)cccc2Cl)cc1Cl. The van der Waals surface area contributed by atoms with Crippen LogP contribution in [0.15, 0.2) is 36.4 Å². The fraction of sp³-hybridized carbons (Fsp3) is 0.0769. The van der Waals surface area contributed by atoms with Crippen molar-refractivity contribution in [2.75, 3.05) is 5.32 Å². The second-order valence-electron chi connectivity index (χ2n) is 3.74. The molecule has 0 amide bonds. The molecule has 0 unspecified atom stereocenters. The van der Waals surface area contributed by atoms with Gasteiger partial charge < -0.3 is 10.4 Å². The monoisotopic (exact) mass is 301 g/mol. The predicted octanol–water partition coefficient (Wildman–Crippen LogP) is 4.96. The molecule has 0 heterocycles. The van der Waals surface area contributed by atoms with Crippen LogP contribution < -0.4 is 5.32 Å². The molecule has 0 aliphatic heterocycles. The van der Waals surface area contributed by atoms with Crippen molar-refractivity contribution in [1.82, 2.24) is 0 Å². The molecule has 18 heavy (non-hydrogen) atoms. The van der Waals surface area contributed by atoms with Crippen molar-refractivity contribution in [1.29, 1.82) is 0 Å². The Morgan fingerprint density at radius 2 is 1.61 bits per heavy atom. The summed E-state index contributed by atoms with van der Waals surface area (Å²) in [4.78, 5) is 0. The average molecular weight is 303 g/mol. The molecule has 0 atom stereocenters. The number of para-hydroxylation sites is 1. The predicted molar refractivity (Wildman–Crippen MR) is 76.9 cm³/mol. The molecule has 2 rings (SSSR count). The van der Waals surface area contributed by atoms with Crippen LogP contribution in [0, 0.1) is 0 Å². The van der Waals surface area contributed by atoms with Gasteiger partial charge in [-0.05, 0) is 29.8 Å². The van der Waals surface area contributed by atoms with Gasteiger partial charge in [0.1, 0.15) is 5.75 Å². The maximum absolute atomic E-state index is 9.32. The number of aromatic hydroxyl groups is 1. The molecule has 0 saturated carbocycles. The lowest BCUT2D eigenvalue weighted by molar-refractivity contribution is 0.475. The van der Waals surface area contributed by atoms with E-state index in [2.05, 4.69) is 5.32 Å². The summed E-state index contributed by atoms with van der Waals surface area (Å²) in [5.74, 6) is 0.0659. The zero-order chi connectivity index (χ0) is 13.1. The third-order valence-electron chi connectivity index (χ3n) is 2.44. The summed E-state index contributed by atoms with van der Waals surface area (Å²) >= 11 is 17.9. The summed E-state index contributed by atoms with van der Waals surface area (Å²) in [6, 6.07) is 10.3. The number of halogens is 3. The van der Waals surface area contributed by atoms with Crippen LogP contribution in [0.1, 0.15) is 5.56 Å². The number of anilines is 1. The van der Waals surface area contributed by atoms with E-state index in [1.54, 1.807) is 36.4 Å². The van der Waals surface area contributed by atoms with Crippen molar-refractivity contribution >= 4 is 40.5 Å². The molecular weight excluding hydrogens is 293 g/mol. The van der Waals surface area contributed by atoms with E-state index in [0.29, 0.717) is 27.3 Å². The zero-order valence-electron chi connectivity index (χ0n) is 9.25. The first-order valence-electron chi connectivity index (χ1n) is 5.23. The van der Waals surface area contributed by atoms with Crippen molar-refractivity contribution in [3.63, 3.8) is 0 Å². The van der Waals surface area contributed by atoms with Crippen LogP contribution in [-0.2, 0) is 6.54 Å². The lowest BCUT2D eigenvalue weighted by Crippen LogP contribution is -2.00. The Morgan fingerprint density at radius 3 is 2.22 bits per heavy atom. The van der Waals surface area contributed by atoms with Gasteiger partial charge in [-0.2, -0.15) is 0 Å². The van der Waals surface area contributed by atoms with Gasteiger partial charge in [-0.15, -0.1) is 0 Å². The lowest BCUT2D eigenvalue weighted by atomic mass is 10.2. The van der Waals surface area contributed by atoms with Crippen LogP contribution in [0.2, 0.25) is 15.1 Å². The highest BCUT2D eigenvalue weighted by Gasteiger charge is 2.05. The van der Waals surface area contributed by atoms with Gasteiger partial charge in [-0.1, -0.05) is 46.9 Å². The number of rotatable bonds is 3. The highest BCUT2D eigenvalue weighted by Crippen LogP contribution is 2.30. The minimum absolute atomic E-state index is 0.0659. The van der Waals surface area contributed by atoms with Gasteiger partial charge >= 0.3 is 0 Å². The average Bonchev–Trinajstić information content (AvgIpc) is 2.33. The topological polar surface area (TPSA) is 32.3 Å². The second kappa shape index (κ2) is 5.70. The molecule has 0 aromatic heterocycles. The minimum Gasteiger partial charge on any atom is -0.506 e. The Kier molecular flexibility index (Phi) is 4.23. The molecule has 5 heteroatoms. The fourth-order valence-electron chi connectivity index (χ4n) is 1.52. The standard InChI is InChI=1S/C13H10Cl3NO/c14-9-2-1-3-10(15)13(9)17-7-8-4-5-12(18)11(16)6-8/h1-6,17-18H,7H2. The number of phenolic OH excluding ortho intramolecular Hbond substituents is 1. The Balaban J connectivity index is 2.14. The van der Waals surface area contributed by atoms with Crippen molar-refractivity contribution in [2.45, 2.75) is 6.54 Å². The van der Waals surface area contributed by atoms with Gasteiger partial charge in [0.05, 0.1) is 20.8 Å². The highest BCUT2D eigenvalue weighted by molar-refractivity contribution is 6.39. The van der Waals surface area contributed by atoms with Gasteiger partial charge in [-0.25, -0.2) is 0 Å². The van der Waals surface area contributed by atoms with Crippen molar-refractivity contribution in [3.05, 3.63) is 57.0 Å². The molecular formula is C13H10Cl3NO. The summed E-state index contributed by atoms with van der Waals surface area (Å²) in [6.07, 6.45) is 0. The van der Waals surface area contributed by atoms with Crippen LogP contribution in [0.25, 0.3) is 0 Å². The van der Waals surface area contributed by atoms with Gasteiger partial charge in [0.2, 0.25) is 0 Å². The first kappa shape index (κ1) is 13.3. The third kappa shape index (κ3) is 3.02. The van der Waals surface area contributed by atoms with Gasteiger partial charge in [0.15, 0.2) is 0 Å². The van der Waals surface area contributed by atoms with Crippen LogP contribution in [0.3, 0.4) is 0 Å². The van der Waals surface area contributed by atoms with Crippen LogP contribution in [-0.4, -0.2) is 5.11 Å². The van der Waals surface area contributed by atoms with E-state index >= 15 is 0 Å². The van der Waals surface area contributed by atoms with Crippen LogP contribution in [0.5, 0.6) is 5.75 Å². The van der Waals surface area contributed by atoms with Gasteiger partial charge in [-0.3, -0.25) is 0 Å². The number of benzene rings is 2. The molecule has 0 aliphatic rings. The fourth-order valence-corrected chi connectivity index (χ4v) is 2.25. The molecule has 0 spiro atoms. The Bertz CT molecular complexity index is 552. The molecule has 94 valence electrons. The van der Waals surface area contributed by atoms with Crippen molar-refractivity contribution in [2.24, 2.45) is 0 Å². The number of nitrogens with one attached hydrogen (secondary N) is 1. The summed E-state index contributed by atoms with van der Waals surface area (Å²) in [7, 11) is 0. The summed E-state index contributed by atoms with van der Waals surface area (Å²) < 4.78 is 0. The normalized spacial score (nSPS) is 10.4. The van der Waals surface area contributed by atoms with Crippen molar-refractivity contribution in [3.8, 4) is 5.75 Å². The number of hydrogen-bond acceptors (Lipinski definition) is 2. The van der Waals surface area contributed by atoms with Crippen LogP contribution in [0.4, 0.5) is 5.69 Å². The summed E-state index contributed by atoms with van der Waals surface area (Å²) in [5.41, 5.74) is 1.61. The molecule has 0 bridgehead atoms. The molecule has 0 fully saturated rings. The molecule has 0 aliphatic carbocycles. The molecule has 2 aromatic carbocycles. The smallest absolute Gasteiger partial charge is 0.134 e. The molecule has 0 radical (unpaired) electrons. The molecule has 2 nitrogen and oxygen atoms in total. The van der Waals surface area contributed by atoms with E-state index in [1.807, 2.05) is 0 Å².